The van der Waals surface area contributed by atoms with Gasteiger partial charge in [0.25, 0.3) is 5.91 Å². The van der Waals surface area contributed by atoms with Gasteiger partial charge in [0.2, 0.25) is 0 Å². The number of hydrogen-bond acceptors (Lipinski definition) is 2. The minimum atomic E-state index is -4.65. The summed E-state index contributed by atoms with van der Waals surface area (Å²) in [6.07, 6.45) is -4.65. The Labute approximate surface area is 146 Å². The maximum atomic E-state index is 13.7. The number of anilines is 1. The zero-order valence-electron chi connectivity index (χ0n) is 13.2. The Hall–Kier alpha value is -2.28. The lowest BCUT2D eigenvalue weighted by atomic mass is 10.1. The number of rotatable bonds is 4. The molecule has 1 N–H and O–H groups in total. The van der Waals surface area contributed by atoms with Gasteiger partial charge in [-0.25, -0.2) is 4.39 Å². The second-order valence-corrected chi connectivity index (χ2v) is 6.15. The van der Waals surface area contributed by atoms with E-state index >= 15 is 0 Å². The third-order valence-corrected chi connectivity index (χ3v) is 3.53. The van der Waals surface area contributed by atoms with Crippen LogP contribution in [0.25, 0.3) is 0 Å². The minimum absolute atomic E-state index is 0.328. The molecule has 3 nitrogen and oxygen atoms in total. The number of benzene rings is 2. The lowest BCUT2D eigenvalue weighted by molar-refractivity contribution is -0.137. The maximum absolute atomic E-state index is 13.7. The Morgan fingerprint density at radius 3 is 2.24 bits per heavy atom. The van der Waals surface area contributed by atoms with Crippen LogP contribution in [0, 0.1) is 5.82 Å². The summed E-state index contributed by atoms with van der Waals surface area (Å²) in [5.74, 6) is -1.46. The lowest BCUT2D eigenvalue weighted by Gasteiger charge is -2.25. The Balaban J connectivity index is 2.18. The van der Waals surface area contributed by atoms with Gasteiger partial charge in [-0.3, -0.25) is 4.79 Å². The Morgan fingerprint density at radius 2 is 1.68 bits per heavy atom. The van der Waals surface area contributed by atoms with Gasteiger partial charge >= 0.3 is 6.18 Å². The van der Waals surface area contributed by atoms with Crippen LogP contribution in [-0.4, -0.2) is 11.5 Å². The highest BCUT2D eigenvalue weighted by Crippen LogP contribution is 2.32. The van der Waals surface area contributed by atoms with Gasteiger partial charge in [0.1, 0.15) is 11.6 Å². The quantitative estimate of drug-likeness (QED) is 0.737. The van der Waals surface area contributed by atoms with Gasteiger partial charge in [0.15, 0.2) is 5.60 Å². The molecule has 0 unspecified atom stereocenters. The second kappa shape index (κ2) is 6.92. The van der Waals surface area contributed by atoms with E-state index in [2.05, 4.69) is 5.32 Å². The molecule has 0 aromatic heterocycles. The van der Waals surface area contributed by atoms with Crippen LogP contribution in [-0.2, 0) is 11.0 Å². The van der Waals surface area contributed by atoms with Gasteiger partial charge in [0.05, 0.1) is 11.3 Å². The largest absolute Gasteiger partial charge is 0.478 e. The van der Waals surface area contributed by atoms with Crippen LogP contribution in [0.3, 0.4) is 0 Å². The van der Waals surface area contributed by atoms with Crippen molar-refractivity contribution in [2.24, 2.45) is 0 Å². The summed E-state index contributed by atoms with van der Waals surface area (Å²) < 4.78 is 57.4. The zero-order valence-corrected chi connectivity index (χ0v) is 14.0. The van der Waals surface area contributed by atoms with Gasteiger partial charge in [0, 0.05) is 5.02 Å². The van der Waals surface area contributed by atoms with Crippen molar-refractivity contribution in [2.45, 2.75) is 25.6 Å². The van der Waals surface area contributed by atoms with E-state index in [1.165, 1.54) is 26.0 Å². The van der Waals surface area contributed by atoms with Crippen molar-refractivity contribution in [1.82, 2.24) is 0 Å². The van der Waals surface area contributed by atoms with Crippen molar-refractivity contribution >= 4 is 23.2 Å². The SMILES string of the molecule is CC(C)(Oc1ccc(Cl)cc1)C(=O)Nc1cc(C(F)(F)F)ccc1F. The summed E-state index contributed by atoms with van der Waals surface area (Å²) in [7, 11) is 0. The molecule has 0 bridgehead atoms. The first-order chi connectivity index (χ1) is 11.5. The van der Waals surface area contributed by atoms with Gasteiger partial charge < -0.3 is 10.1 Å². The van der Waals surface area contributed by atoms with E-state index in [0.29, 0.717) is 29.0 Å². The smallest absolute Gasteiger partial charge is 0.416 e. The molecular weight excluding hydrogens is 362 g/mol. The Kier molecular flexibility index (Phi) is 5.27. The van der Waals surface area contributed by atoms with E-state index in [-0.39, 0.29) is 0 Å². The predicted molar refractivity (Wildman–Crippen MR) is 86.2 cm³/mol. The molecule has 0 fully saturated rings. The summed E-state index contributed by atoms with van der Waals surface area (Å²) in [5, 5.41) is 2.60. The summed E-state index contributed by atoms with van der Waals surface area (Å²) in [6.45, 7) is 2.81. The molecular formula is C17H14ClF4NO2. The zero-order chi connectivity index (χ0) is 18.8. The molecule has 0 heterocycles. The molecule has 2 aromatic rings. The van der Waals surface area contributed by atoms with Crippen LogP contribution in [0.2, 0.25) is 5.02 Å². The number of halogens is 5. The van der Waals surface area contributed by atoms with E-state index in [0.717, 1.165) is 0 Å². The average molecular weight is 376 g/mol. The number of hydrogen-bond donors (Lipinski definition) is 1. The molecule has 8 heteroatoms. The summed E-state index contributed by atoms with van der Waals surface area (Å²) in [5.41, 5.74) is -3.11. The van der Waals surface area contributed by atoms with E-state index < -0.39 is 34.8 Å². The predicted octanol–water partition coefficient (Wildman–Crippen LogP) is 5.29. The topological polar surface area (TPSA) is 38.3 Å². The highest BCUT2D eigenvalue weighted by Gasteiger charge is 2.33. The molecule has 0 saturated heterocycles. The first kappa shape index (κ1) is 19.1. The first-order valence-electron chi connectivity index (χ1n) is 7.12. The molecule has 2 aromatic carbocycles. The molecule has 134 valence electrons. The van der Waals surface area contributed by atoms with E-state index in [4.69, 9.17) is 16.3 Å². The molecule has 0 spiro atoms. The van der Waals surface area contributed by atoms with Crippen molar-refractivity contribution in [3.8, 4) is 5.75 Å². The standard InChI is InChI=1S/C17H14ClF4NO2/c1-16(2,25-12-6-4-11(18)5-7-12)15(24)23-14-9-10(17(20,21)22)3-8-13(14)19/h3-9H,1-2H3,(H,23,24). The van der Waals surface area contributed by atoms with Crippen LogP contribution in [0.1, 0.15) is 19.4 Å². The number of alkyl halides is 3. The van der Waals surface area contributed by atoms with Gasteiger partial charge in [-0.05, 0) is 56.3 Å². The minimum Gasteiger partial charge on any atom is -0.478 e. The van der Waals surface area contributed by atoms with Crippen LogP contribution >= 0.6 is 11.6 Å². The van der Waals surface area contributed by atoms with Crippen molar-refractivity contribution < 1.29 is 27.1 Å². The van der Waals surface area contributed by atoms with Crippen LogP contribution in [0.15, 0.2) is 42.5 Å². The Morgan fingerprint density at radius 1 is 1.08 bits per heavy atom. The average Bonchev–Trinajstić information content (AvgIpc) is 2.50. The first-order valence-corrected chi connectivity index (χ1v) is 7.49. The van der Waals surface area contributed by atoms with Crippen LogP contribution < -0.4 is 10.1 Å². The Bertz CT molecular complexity index is 773. The van der Waals surface area contributed by atoms with Crippen LogP contribution in [0.4, 0.5) is 23.2 Å². The number of ether oxygens (including phenoxy) is 1. The summed E-state index contributed by atoms with van der Waals surface area (Å²) in [4.78, 5) is 12.3. The number of carbonyl (C=O) groups is 1. The van der Waals surface area contributed by atoms with Crippen molar-refractivity contribution in [3.05, 3.63) is 58.9 Å². The number of amides is 1. The molecule has 0 aliphatic heterocycles. The summed E-state index contributed by atoms with van der Waals surface area (Å²) >= 11 is 5.75. The van der Waals surface area contributed by atoms with Gasteiger partial charge in [-0.1, -0.05) is 11.6 Å². The third-order valence-electron chi connectivity index (χ3n) is 3.28. The van der Waals surface area contributed by atoms with Gasteiger partial charge in [-0.15, -0.1) is 0 Å². The van der Waals surface area contributed by atoms with Crippen molar-refractivity contribution in [3.63, 3.8) is 0 Å². The highest BCUT2D eigenvalue weighted by atomic mass is 35.5. The van der Waals surface area contributed by atoms with Crippen molar-refractivity contribution in [2.75, 3.05) is 5.32 Å². The third kappa shape index (κ3) is 4.85. The van der Waals surface area contributed by atoms with Crippen LogP contribution in [0.5, 0.6) is 5.75 Å². The molecule has 0 aliphatic carbocycles. The number of carbonyl (C=O) groups excluding carboxylic acids is 1. The highest BCUT2D eigenvalue weighted by molar-refractivity contribution is 6.30. The molecule has 0 aliphatic rings. The monoisotopic (exact) mass is 375 g/mol. The normalized spacial score (nSPS) is 12.0. The molecule has 0 radical (unpaired) electrons. The summed E-state index contributed by atoms with van der Waals surface area (Å²) in [6, 6.07) is 7.94. The van der Waals surface area contributed by atoms with Crippen molar-refractivity contribution in [1.29, 1.82) is 0 Å². The molecule has 0 atom stereocenters. The molecule has 2 rings (SSSR count). The van der Waals surface area contributed by atoms with E-state index in [1.807, 2.05) is 0 Å². The maximum Gasteiger partial charge on any atom is 0.416 e. The number of nitrogens with one attached hydrogen (secondary N) is 1. The molecule has 25 heavy (non-hydrogen) atoms. The fourth-order valence-electron chi connectivity index (χ4n) is 1.91. The van der Waals surface area contributed by atoms with Gasteiger partial charge in [-0.2, -0.15) is 13.2 Å². The van der Waals surface area contributed by atoms with E-state index in [1.54, 1.807) is 12.1 Å². The second-order valence-electron chi connectivity index (χ2n) is 5.71. The lowest BCUT2D eigenvalue weighted by Crippen LogP contribution is -2.42. The molecule has 1 amide bonds. The fourth-order valence-corrected chi connectivity index (χ4v) is 2.04. The molecule has 0 saturated carbocycles. The fraction of sp³-hybridized carbons (Fsp3) is 0.235. The van der Waals surface area contributed by atoms with E-state index in [9.17, 15) is 22.4 Å².